The maximum absolute atomic E-state index is 12.9. The van der Waals surface area contributed by atoms with Crippen molar-refractivity contribution in [1.82, 2.24) is 0 Å². The van der Waals surface area contributed by atoms with E-state index < -0.39 is 71.2 Å². The number of carbonyl (C=O) groups excluding carboxylic acids is 2. The Kier molecular flexibility index (Phi) is 44.8. The molecule has 0 bridgehead atoms. The lowest BCUT2D eigenvalue weighted by Crippen LogP contribution is -2.60. The molecule has 1 fully saturated rings. The van der Waals surface area contributed by atoms with Crippen LogP contribution < -0.4 is 0 Å². The van der Waals surface area contributed by atoms with Crippen LogP contribution in [0.1, 0.15) is 264 Å². The summed E-state index contributed by atoms with van der Waals surface area (Å²) in [4.78, 5) is 25.6. The van der Waals surface area contributed by atoms with Crippen molar-refractivity contribution in [3.8, 4) is 0 Å². The highest BCUT2D eigenvalue weighted by Crippen LogP contribution is 2.24. The van der Waals surface area contributed by atoms with Crippen LogP contribution in [-0.2, 0) is 38.7 Å². The van der Waals surface area contributed by atoms with Crippen LogP contribution in [0, 0.1) is 0 Å². The van der Waals surface area contributed by atoms with E-state index in [4.69, 9.17) is 18.9 Å². The Balaban J connectivity index is 2.30. The number of rotatable bonds is 50. The zero-order valence-electron chi connectivity index (χ0n) is 45.1. The van der Waals surface area contributed by atoms with Crippen LogP contribution in [0.25, 0.3) is 0 Å². The van der Waals surface area contributed by atoms with Crippen molar-refractivity contribution in [3.05, 3.63) is 36.5 Å². The number of aliphatic hydroxyl groups excluding tert-OH is 3. The second-order valence-corrected chi connectivity index (χ2v) is 21.8. The minimum absolute atomic E-state index is 0.152. The number of esters is 2. The van der Waals surface area contributed by atoms with Gasteiger partial charge in [-0.15, -0.1) is 0 Å². The maximum Gasteiger partial charge on any atom is 0.306 e. The molecule has 12 nitrogen and oxygen atoms in total. The van der Waals surface area contributed by atoms with Gasteiger partial charge in [-0.05, 0) is 51.4 Å². The molecule has 0 aromatic carbocycles. The summed E-state index contributed by atoms with van der Waals surface area (Å²) < 4.78 is 54.4. The first-order valence-corrected chi connectivity index (χ1v) is 30.7. The molecule has 4 N–H and O–H groups in total. The molecule has 13 heteroatoms. The van der Waals surface area contributed by atoms with Crippen molar-refractivity contribution in [3.63, 3.8) is 0 Å². The number of hydrogen-bond acceptors (Lipinski definition) is 11. The molecule has 1 saturated heterocycles. The van der Waals surface area contributed by atoms with E-state index in [1.807, 2.05) is 0 Å². The van der Waals surface area contributed by atoms with E-state index in [0.29, 0.717) is 12.8 Å². The van der Waals surface area contributed by atoms with E-state index in [0.717, 1.165) is 70.6 Å². The molecule has 0 spiro atoms. The SMILES string of the molecule is CCCCC/C=C\C/C=C\C/C=C\CCCCCCCCC(=O)OC(COC(=O)CCCCCCCCCCCCCCCCCCCCCCCCCC)COC1OC(CS(=O)(=O)O)C(O)C(O)C1O. The molecule has 6 atom stereocenters. The first kappa shape index (κ1) is 66.9. The summed E-state index contributed by atoms with van der Waals surface area (Å²) in [6.45, 7) is 3.78. The summed E-state index contributed by atoms with van der Waals surface area (Å²) in [5, 5.41) is 31.1. The van der Waals surface area contributed by atoms with Gasteiger partial charge in [-0.25, -0.2) is 0 Å². The number of allylic oxidation sites excluding steroid dienone is 6. The maximum atomic E-state index is 12.9. The lowest BCUT2D eigenvalue weighted by molar-refractivity contribution is -0.297. The average molecular weight is 1030 g/mol. The fourth-order valence-corrected chi connectivity index (χ4v) is 9.67. The second-order valence-electron chi connectivity index (χ2n) is 20.3. The second kappa shape index (κ2) is 47.6. The van der Waals surface area contributed by atoms with Crippen LogP contribution in [0.5, 0.6) is 0 Å². The number of carbonyl (C=O) groups is 2. The lowest BCUT2D eigenvalue weighted by atomic mass is 10.00. The van der Waals surface area contributed by atoms with E-state index in [2.05, 4.69) is 50.3 Å². The minimum atomic E-state index is -4.61. The number of hydrogen-bond donors (Lipinski definition) is 4. The van der Waals surface area contributed by atoms with Gasteiger partial charge in [0.1, 0.15) is 36.8 Å². The first-order valence-electron chi connectivity index (χ1n) is 29.0. The molecule has 1 aliphatic heterocycles. The standard InChI is InChI=1S/C58H106O12S/c1-3-5-7-9-11-13-15-17-19-21-23-24-25-26-27-29-30-32-34-36-38-40-42-44-46-53(59)67-48-51(49-68-58-57(63)56(62)55(61)52(70-58)50-71(64,65)66)69-54(60)47-45-43-41-39-37-35-33-31-28-22-20-18-16-14-12-10-8-6-4-2/h12,14,18,20,28,31,51-52,55-58,61-63H,3-11,13,15-17,19,21-27,29-30,32-50H2,1-2H3,(H,64,65,66)/b14-12-,20-18-,31-28-. The van der Waals surface area contributed by atoms with Gasteiger partial charge in [-0.2, -0.15) is 8.42 Å². The van der Waals surface area contributed by atoms with Crippen LogP contribution in [-0.4, -0.2) is 96.0 Å². The first-order chi connectivity index (χ1) is 34.5. The number of unbranched alkanes of at least 4 members (excludes halogenated alkanes) is 32. The molecular formula is C58H106O12S. The van der Waals surface area contributed by atoms with E-state index in [9.17, 15) is 37.9 Å². The molecule has 71 heavy (non-hydrogen) atoms. The predicted molar refractivity (Wildman–Crippen MR) is 289 cm³/mol. The van der Waals surface area contributed by atoms with E-state index in [-0.39, 0.29) is 19.4 Å². The minimum Gasteiger partial charge on any atom is -0.462 e. The summed E-state index contributed by atoms with van der Waals surface area (Å²) in [6, 6.07) is 0. The molecule has 1 aliphatic rings. The van der Waals surface area contributed by atoms with Gasteiger partial charge in [0.25, 0.3) is 10.1 Å². The van der Waals surface area contributed by atoms with Crippen molar-refractivity contribution >= 4 is 22.1 Å². The molecule has 0 radical (unpaired) electrons. The third-order valence-electron chi connectivity index (χ3n) is 13.5. The van der Waals surface area contributed by atoms with Gasteiger partial charge in [-0.3, -0.25) is 14.1 Å². The highest BCUT2D eigenvalue weighted by atomic mass is 32.2. The molecule has 0 aromatic rings. The molecular weight excluding hydrogens is 921 g/mol. The normalized spacial score (nSPS) is 19.1. The molecule has 0 aliphatic carbocycles. The summed E-state index contributed by atoms with van der Waals surface area (Å²) in [5.41, 5.74) is 0. The summed E-state index contributed by atoms with van der Waals surface area (Å²) in [5.74, 6) is -1.99. The largest absolute Gasteiger partial charge is 0.462 e. The Hall–Kier alpha value is -2.13. The van der Waals surface area contributed by atoms with Crippen molar-refractivity contribution in [2.75, 3.05) is 19.0 Å². The smallest absolute Gasteiger partial charge is 0.306 e. The van der Waals surface area contributed by atoms with E-state index in [1.165, 1.54) is 154 Å². The van der Waals surface area contributed by atoms with E-state index >= 15 is 0 Å². The van der Waals surface area contributed by atoms with Crippen molar-refractivity contribution in [1.29, 1.82) is 0 Å². The number of ether oxygens (including phenoxy) is 4. The van der Waals surface area contributed by atoms with Gasteiger partial charge >= 0.3 is 11.9 Å². The Morgan fingerprint density at radius 1 is 0.479 bits per heavy atom. The van der Waals surface area contributed by atoms with Crippen LogP contribution >= 0.6 is 0 Å². The molecule has 0 saturated carbocycles. The van der Waals surface area contributed by atoms with E-state index in [1.54, 1.807) is 0 Å². The van der Waals surface area contributed by atoms with Crippen molar-refractivity contribution < 1.29 is 56.8 Å². The van der Waals surface area contributed by atoms with Crippen molar-refractivity contribution in [2.24, 2.45) is 0 Å². The molecule has 1 rings (SSSR count). The quantitative estimate of drug-likeness (QED) is 0.0196. The highest BCUT2D eigenvalue weighted by Gasteiger charge is 2.46. The predicted octanol–water partition coefficient (Wildman–Crippen LogP) is 14.1. The fourth-order valence-electron chi connectivity index (χ4n) is 8.98. The highest BCUT2D eigenvalue weighted by molar-refractivity contribution is 7.85. The van der Waals surface area contributed by atoms with Crippen LogP contribution in [0.3, 0.4) is 0 Å². The molecule has 0 amide bonds. The monoisotopic (exact) mass is 1030 g/mol. The van der Waals surface area contributed by atoms with Gasteiger partial charge < -0.3 is 34.3 Å². The van der Waals surface area contributed by atoms with Gasteiger partial charge in [0.05, 0.1) is 6.61 Å². The molecule has 0 aromatic heterocycles. The third-order valence-corrected chi connectivity index (χ3v) is 14.2. The van der Waals surface area contributed by atoms with Crippen LogP contribution in [0.15, 0.2) is 36.5 Å². The lowest BCUT2D eigenvalue weighted by Gasteiger charge is -2.40. The Bertz CT molecular complexity index is 1430. The zero-order valence-corrected chi connectivity index (χ0v) is 45.9. The van der Waals surface area contributed by atoms with Gasteiger partial charge in [-0.1, -0.05) is 237 Å². The topological polar surface area (TPSA) is 186 Å². The van der Waals surface area contributed by atoms with Crippen molar-refractivity contribution in [2.45, 2.75) is 301 Å². The molecule has 6 unspecified atom stereocenters. The summed E-state index contributed by atoms with van der Waals surface area (Å²) >= 11 is 0. The Morgan fingerprint density at radius 2 is 0.845 bits per heavy atom. The summed E-state index contributed by atoms with van der Waals surface area (Å²) in [7, 11) is -4.61. The van der Waals surface area contributed by atoms with Gasteiger partial charge in [0.2, 0.25) is 0 Å². The van der Waals surface area contributed by atoms with Gasteiger partial charge in [0.15, 0.2) is 12.4 Å². The molecule has 416 valence electrons. The Labute approximate surface area is 433 Å². The summed E-state index contributed by atoms with van der Waals surface area (Å²) in [6.07, 6.45) is 49.0. The van der Waals surface area contributed by atoms with Gasteiger partial charge in [0, 0.05) is 12.8 Å². The Morgan fingerprint density at radius 3 is 1.28 bits per heavy atom. The van der Waals surface area contributed by atoms with Crippen LogP contribution in [0.2, 0.25) is 0 Å². The van der Waals surface area contributed by atoms with Crippen LogP contribution in [0.4, 0.5) is 0 Å². The third kappa shape index (κ3) is 41.9. The molecule has 1 heterocycles. The average Bonchev–Trinajstić information content (AvgIpc) is 3.34. The zero-order chi connectivity index (χ0) is 51.9. The number of aliphatic hydroxyl groups is 3. The fraction of sp³-hybridized carbons (Fsp3) is 0.862.